The molecule has 0 aliphatic carbocycles. The molecule has 0 unspecified atom stereocenters. The fourth-order valence-electron chi connectivity index (χ4n) is 3.08. The smallest absolute Gasteiger partial charge is 0.321 e. The number of hydrogen-bond donors (Lipinski definition) is 2. The Morgan fingerprint density at radius 3 is 2.38 bits per heavy atom. The molecule has 2 N–H and O–H groups in total. The van der Waals surface area contributed by atoms with E-state index < -0.39 is 6.03 Å². The summed E-state index contributed by atoms with van der Waals surface area (Å²) in [5.41, 5.74) is 2.43. The third-order valence-corrected chi connectivity index (χ3v) is 4.45. The predicted octanol–water partition coefficient (Wildman–Crippen LogP) is 2.59. The molecule has 0 bridgehead atoms. The van der Waals surface area contributed by atoms with Crippen molar-refractivity contribution in [2.24, 2.45) is 5.92 Å². The first-order valence-corrected chi connectivity index (χ1v) is 9.54. The number of piperidine rings is 1. The normalized spacial score (nSPS) is 14.6. The van der Waals surface area contributed by atoms with Crippen LogP contribution >= 0.6 is 0 Å². The van der Waals surface area contributed by atoms with Gasteiger partial charge in [0.15, 0.2) is 0 Å². The third-order valence-electron chi connectivity index (χ3n) is 4.45. The lowest BCUT2D eigenvalue weighted by Crippen LogP contribution is -2.44. The summed E-state index contributed by atoms with van der Waals surface area (Å²) in [4.78, 5) is 27.9. The van der Waals surface area contributed by atoms with Gasteiger partial charge in [0.2, 0.25) is 5.91 Å². The van der Waals surface area contributed by atoms with Crippen LogP contribution in [0.15, 0.2) is 24.3 Å². The number of carbonyl (C=O) groups is 2. The second-order valence-electron chi connectivity index (χ2n) is 7.54. The van der Waals surface area contributed by atoms with Gasteiger partial charge in [-0.15, -0.1) is 0 Å². The maximum absolute atomic E-state index is 11.9. The minimum atomic E-state index is -0.428. The molecule has 1 aliphatic rings. The molecule has 1 saturated heterocycles. The zero-order valence-corrected chi connectivity index (χ0v) is 16.3. The van der Waals surface area contributed by atoms with E-state index in [0.29, 0.717) is 19.0 Å². The Kier molecular flexibility index (Phi) is 7.91. The van der Waals surface area contributed by atoms with Crippen LogP contribution in [0.25, 0.3) is 0 Å². The van der Waals surface area contributed by atoms with Gasteiger partial charge in [0.1, 0.15) is 0 Å². The Morgan fingerprint density at radius 2 is 1.77 bits per heavy atom. The summed E-state index contributed by atoms with van der Waals surface area (Å²) in [5, 5.41) is 5.05. The molecule has 1 aliphatic heterocycles. The fraction of sp³-hybridized carbons (Fsp3) is 0.600. The van der Waals surface area contributed by atoms with E-state index in [1.165, 1.54) is 24.9 Å². The highest BCUT2D eigenvalue weighted by molar-refractivity contribution is 5.95. The summed E-state index contributed by atoms with van der Waals surface area (Å²) in [5.74, 6) is 0.0603. The lowest BCUT2D eigenvalue weighted by Gasteiger charge is -2.29. The van der Waals surface area contributed by atoms with E-state index >= 15 is 0 Å². The molecule has 0 radical (unpaired) electrons. The Labute approximate surface area is 156 Å². The van der Waals surface area contributed by atoms with Crippen LogP contribution in [0.5, 0.6) is 0 Å². The standard InChI is InChI=1S/C20H32N4O2/c1-16(2)13-21-20(26)22-19(25)15-23(3)14-17-7-9-18(10-8-17)24-11-5-4-6-12-24/h7-10,16H,4-6,11-15H2,1-3H3,(H2,21,22,25,26). The highest BCUT2D eigenvalue weighted by Crippen LogP contribution is 2.20. The fourth-order valence-corrected chi connectivity index (χ4v) is 3.08. The maximum Gasteiger partial charge on any atom is 0.321 e. The molecule has 0 atom stereocenters. The molecular formula is C20H32N4O2. The Hall–Kier alpha value is -2.08. The zero-order valence-electron chi connectivity index (χ0n) is 16.3. The van der Waals surface area contributed by atoms with Gasteiger partial charge >= 0.3 is 6.03 Å². The lowest BCUT2D eigenvalue weighted by atomic mass is 10.1. The van der Waals surface area contributed by atoms with Gasteiger partial charge < -0.3 is 10.2 Å². The molecule has 6 heteroatoms. The SMILES string of the molecule is CC(C)CNC(=O)NC(=O)CN(C)Cc1ccc(N2CCCCC2)cc1. The number of rotatable bonds is 7. The molecule has 1 heterocycles. The second kappa shape index (κ2) is 10.2. The second-order valence-corrected chi connectivity index (χ2v) is 7.54. The van der Waals surface area contributed by atoms with Crippen LogP contribution in [0.4, 0.5) is 10.5 Å². The summed E-state index contributed by atoms with van der Waals surface area (Å²) in [7, 11) is 1.88. The molecular weight excluding hydrogens is 328 g/mol. The van der Waals surface area contributed by atoms with E-state index in [9.17, 15) is 9.59 Å². The van der Waals surface area contributed by atoms with Gasteiger partial charge in [-0.2, -0.15) is 0 Å². The quantitative estimate of drug-likeness (QED) is 0.784. The number of hydrogen-bond acceptors (Lipinski definition) is 4. The van der Waals surface area contributed by atoms with Crippen molar-refractivity contribution in [2.45, 2.75) is 39.7 Å². The van der Waals surface area contributed by atoms with Crippen LogP contribution in [-0.4, -0.2) is 50.1 Å². The van der Waals surface area contributed by atoms with Crippen LogP contribution in [0.1, 0.15) is 38.7 Å². The largest absolute Gasteiger partial charge is 0.372 e. The van der Waals surface area contributed by atoms with Crippen molar-refractivity contribution in [3.05, 3.63) is 29.8 Å². The third kappa shape index (κ3) is 7.04. The number of carbonyl (C=O) groups excluding carboxylic acids is 2. The van der Waals surface area contributed by atoms with E-state index in [1.807, 2.05) is 25.8 Å². The topological polar surface area (TPSA) is 64.7 Å². The monoisotopic (exact) mass is 360 g/mol. The van der Waals surface area contributed by atoms with Gasteiger partial charge in [0.25, 0.3) is 0 Å². The van der Waals surface area contributed by atoms with E-state index in [0.717, 1.165) is 18.7 Å². The van der Waals surface area contributed by atoms with E-state index in [-0.39, 0.29) is 12.5 Å². The number of urea groups is 1. The number of anilines is 1. The van der Waals surface area contributed by atoms with E-state index in [2.05, 4.69) is 39.8 Å². The molecule has 1 aromatic carbocycles. The molecule has 1 aromatic rings. The molecule has 1 fully saturated rings. The van der Waals surface area contributed by atoms with Gasteiger partial charge in [0, 0.05) is 31.9 Å². The number of likely N-dealkylation sites (N-methyl/N-ethyl adjacent to an activating group) is 1. The summed E-state index contributed by atoms with van der Waals surface area (Å²) >= 11 is 0. The van der Waals surface area contributed by atoms with Crippen LogP contribution < -0.4 is 15.5 Å². The predicted molar refractivity (Wildman–Crippen MR) is 105 cm³/mol. The molecule has 2 rings (SSSR count). The summed E-state index contributed by atoms with van der Waals surface area (Å²) in [6.07, 6.45) is 3.87. The Bertz CT molecular complexity index is 580. The van der Waals surface area contributed by atoms with Crippen molar-refractivity contribution in [1.29, 1.82) is 0 Å². The van der Waals surface area contributed by atoms with Crippen LogP contribution in [0.2, 0.25) is 0 Å². The van der Waals surface area contributed by atoms with Crippen molar-refractivity contribution in [1.82, 2.24) is 15.5 Å². The number of benzene rings is 1. The Morgan fingerprint density at radius 1 is 1.12 bits per heavy atom. The number of amides is 3. The molecule has 0 saturated carbocycles. The minimum Gasteiger partial charge on any atom is -0.372 e. The minimum absolute atomic E-state index is 0.184. The maximum atomic E-state index is 11.9. The molecule has 6 nitrogen and oxygen atoms in total. The highest BCUT2D eigenvalue weighted by atomic mass is 16.2. The molecule has 0 aromatic heterocycles. The Balaban J connectivity index is 1.75. The van der Waals surface area contributed by atoms with Crippen molar-refractivity contribution < 1.29 is 9.59 Å². The molecule has 3 amide bonds. The van der Waals surface area contributed by atoms with Gasteiger partial charge in [-0.3, -0.25) is 15.0 Å². The van der Waals surface area contributed by atoms with Gasteiger partial charge in [-0.1, -0.05) is 26.0 Å². The summed E-state index contributed by atoms with van der Waals surface area (Å²) < 4.78 is 0. The molecule has 26 heavy (non-hydrogen) atoms. The van der Waals surface area contributed by atoms with Crippen molar-refractivity contribution in [2.75, 3.05) is 38.1 Å². The first-order chi connectivity index (χ1) is 12.4. The first kappa shape index (κ1) is 20.2. The van der Waals surface area contributed by atoms with Crippen molar-refractivity contribution in [3.8, 4) is 0 Å². The van der Waals surface area contributed by atoms with Gasteiger partial charge in [-0.25, -0.2) is 4.79 Å². The average Bonchev–Trinajstić information content (AvgIpc) is 2.61. The van der Waals surface area contributed by atoms with E-state index in [1.54, 1.807) is 0 Å². The average molecular weight is 361 g/mol. The van der Waals surface area contributed by atoms with E-state index in [4.69, 9.17) is 0 Å². The van der Waals surface area contributed by atoms with Crippen LogP contribution in [-0.2, 0) is 11.3 Å². The zero-order chi connectivity index (χ0) is 18.9. The highest BCUT2D eigenvalue weighted by Gasteiger charge is 2.13. The van der Waals surface area contributed by atoms with Crippen molar-refractivity contribution >= 4 is 17.6 Å². The summed E-state index contributed by atoms with van der Waals surface area (Å²) in [6.45, 7) is 7.69. The molecule has 0 spiro atoms. The molecule has 144 valence electrons. The van der Waals surface area contributed by atoms with Gasteiger partial charge in [0.05, 0.1) is 6.54 Å². The first-order valence-electron chi connectivity index (χ1n) is 9.54. The number of imide groups is 1. The van der Waals surface area contributed by atoms with Crippen LogP contribution in [0, 0.1) is 5.92 Å². The summed E-state index contributed by atoms with van der Waals surface area (Å²) in [6, 6.07) is 8.13. The lowest BCUT2D eigenvalue weighted by molar-refractivity contribution is -0.120. The van der Waals surface area contributed by atoms with Gasteiger partial charge in [-0.05, 0) is 49.9 Å². The van der Waals surface area contributed by atoms with Crippen molar-refractivity contribution in [3.63, 3.8) is 0 Å². The number of nitrogens with zero attached hydrogens (tertiary/aromatic N) is 2. The number of nitrogens with one attached hydrogen (secondary N) is 2. The van der Waals surface area contributed by atoms with Crippen LogP contribution in [0.3, 0.4) is 0 Å².